The summed E-state index contributed by atoms with van der Waals surface area (Å²) < 4.78 is 0. The quantitative estimate of drug-likeness (QED) is 0.121. The lowest BCUT2D eigenvalue weighted by Gasteiger charge is -2.22. The van der Waals surface area contributed by atoms with Gasteiger partial charge in [-0.1, -0.05) is 78.3 Å². The minimum absolute atomic E-state index is 0.0680. The van der Waals surface area contributed by atoms with Gasteiger partial charge < -0.3 is 31.1 Å². The first-order chi connectivity index (χ1) is 20.2. The van der Waals surface area contributed by atoms with Crippen molar-refractivity contribution in [1.82, 2.24) is 20.6 Å². The normalized spacial score (nSPS) is 13.8. The van der Waals surface area contributed by atoms with Crippen LogP contribution in [0.2, 0.25) is 10.2 Å². The molecule has 42 heavy (non-hydrogen) atoms. The van der Waals surface area contributed by atoms with Crippen LogP contribution in [0, 0.1) is 0 Å². The predicted octanol–water partition coefficient (Wildman–Crippen LogP) is 7.02. The van der Waals surface area contributed by atoms with Gasteiger partial charge in [-0.25, -0.2) is 9.78 Å². The summed E-state index contributed by atoms with van der Waals surface area (Å²) in [6.07, 6.45) is 1.57. The topological polar surface area (TPSA) is 139 Å². The molecule has 6 N–H and O–H groups in total. The maximum atomic E-state index is 13.3. The molecule has 1 unspecified atom stereocenters. The first kappa shape index (κ1) is 28.8. The van der Waals surface area contributed by atoms with Crippen LogP contribution in [0.5, 0.6) is 0 Å². The van der Waals surface area contributed by atoms with Gasteiger partial charge in [-0.2, -0.15) is 0 Å². The Kier molecular flexibility index (Phi) is 8.51. The molecule has 2 heterocycles. The van der Waals surface area contributed by atoms with Gasteiger partial charge in [-0.05, 0) is 41.8 Å². The summed E-state index contributed by atoms with van der Waals surface area (Å²) in [6, 6.07) is 19.5. The Morgan fingerprint density at radius 3 is 2.48 bits per heavy atom. The van der Waals surface area contributed by atoms with Crippen LogP contribution in [0.25, 0.3) is 17.0 Å². The number of aliphatic hydroxyl groups is 1. The van der Waals surface area contributed by atoms with Crippen molar-refractivity contribution >= 4 is 46.6 Å². The molecule has 0 aliphatic carbocycles. The van der Waals surface area contributed by atoms with E-state index in [1.807, 2.05) is 36.4 Å². The second kappa shape index (κ2) is 12.4. The lowest BCUT2D eigenvalue weighted by molar-refractivity contribution is -0.137. The van der Waals surface area contributed by atoms with Crippen molar-refractivity contribution in [3.05, 3.63) is 124 Å². The monoisotopic (exact) mass is 603 g/mol. The van der Waals surface area contributed by atoms with Crippen LogP contribution >= 0.6 is 23.2 Å². The summed E-state index contributed by atoms with van der Waals surface area (Å²) in [5.41, 5.74) is 4.43. The number of fused-ring (bicyclic) bond motifs is 1. The number of aromatic amines is 1. The van der Waals surface area contributed by atoms with E-state index in [1.54, 1.807) is 36.4 Å². The second-order valence-corrected chi connectivity index (χ2v) is 10.6. The van der Waals surface area contributed by atoms with E-state index < -0.39 is 24.1 Å². The highest BCUT2D eigenvalue weighted by atomic mass is 35.5. The van der Waals surface area contributed by atoms with Crippen molar-refractivity contribution in [2.45, 2.75) is 24.9 Å². The molecular formula is C31H27Cl2N5O4. The van der Waals surface area contributed by atoms with Crippen molar-refractivity contribution in [1.29, 1.82) is 0 Å². The molecule has 2 amide bonds. The van der Waals surface area contributed by atoms with Gasteiger partial charge in [0.1, 0.15) is 22.4 Å². The fourth-order valence-electron chi connectivity index (χ4n) is 4.76. The maximum Gasteiger partial charge on any atom is 0.315 e. The number of carboxylic acid groups (broad SMARTS) is 1. The van der Waals surface area contributed by atoms with E-state index >= 15 is 0 Å². The minimum atomic E-state index is -1.07. The molecule has 4 aromatic rings. The number of halogens is 2. The molecule has 1 aromatic heterocycles. The average Bonchev–Trinajstić information content (AvgIpc) is 3.34. The van der Waals surface area contributed by atoms with Crippen molar-refractivity contribution in [2.75, 3.05) is 5.32 Å². The molecule has 2 atom stereocenters. The number of nitrogens with one attached hydrogen (secondary N) is 4. The third kappa shape index (κ3) is 6.76. The van der Waals surface area contributed by atoms with E-state index in [0.717, 1.165) is 5.56 Å². The second-order valence-electron chi connectivity index (χ2n) is 9.79. The number of anilines is 1. The number of aromatic nitrogens is 2. The van der Waals surface area contributed by atoms with Crippen LogP contribution in [0.15, 0.2) is 91.1 Å². The van der Waals surface area contributed by atoms with E-state index in [9.17, 15) is 19.8 Å². The molecule has 0 radical (unpaired) electrons. The Morgan fingerprint density at radius 2 is 1.74 bits per heavy atom. The van der Waals surface area contributed by atoms with Gasteiger partial charge >= 0.3 is 12.0 Å². The number of carboxylic acids is 1. The highest BCUT2D eigenvalue weighted by Crippen LogP contribution is 2.35. The van der Waals surface area contributed by atoms with Crippen molar-refractivity contribution in [2.24, 2.45) is 0 Å². The van der Waals surface area contributed by atoms with Crippen LogP contribution in [0.1, 0.15) is 41.0 Å². The van der Waals surface area contributed by atoms with Gasteiger partial charge in [0.25, 0.3) is 0 Å². The van der Waals surface area contributed by atoms with Crippen LogP contribution < -0.4 is 16.0 Å². The maximum absolute atomic E-state index is 13.3. The van der Waals surface area contributed by atoms with E-state index in [4.69, 9.17) is 28.2 Å². The summed E-state index contributed by atoms with van der Waals surface area (Å²) in [5, 5.41) is 29.4. The van der Waals surface area contributed by atoms with E-state index in [1.165, 1.54) is 6.08 Å². The third-order valence-corrected chi connectivity index (χ3v) is 7.21. The third-order valence-electron chi connectivity index (χ3n) is 6.71. The molecular weight excluding hydrogens is 577 g/mol. The molecule has 1 aliphatic heterocycles. The van der Waals surface area contributed by atoms with Gasteiger partial charge in [-0.3, -0.25) is 4.79 Å². The number of H-pyrrole nitrogens is 1. The summed E-state index contributed by atoms with van der Waals surface area (Å²) in [4.78, 5) is 32.7. The predicted molar refractivity (Wildman–Crippen MR) is 163 cm³/mol. The molecule has 0 saturated carbocycles. The number of aliphatic hydroxyl groups excluding tert-OH is 1. The van der Waals surface area contributed by atoms with E-state index in [0.29, 0.717) is 51.0 Å². The number of carbonyl (C=O) groups is 2. The average molecular weight is 604 g/mol. The van der Waals surface area contributed by atoms with E-state index in [2.05, 4.69) is 27.5 Å². The van der Waals surface area contributed by atoms with Crippen molar-refractivity contribution < 1.29 is 19.8 Å². The van der Waals surface area contributed by atoms with Gasteiger partial charge in [0.15, 0.2) is 0 Å². The molecule has 0 bridgehead atoms. The number of aliphatic carboxylic acids is 1. The van der Waals surface area contributed by atoms with Gasteiger partial charge in [-0.15, -0.1) is 0 Å². The molecule has 0 saturated heterocycles. The SMILES string of the molecule is C=C1C=C(O)c2cc(-c3nc([C@H](Cc4ccccc4)NC(=O)NC(CC(=O)O)c4cccc(Cl)c4)[nH]c3Cl)ccc2N1. The number of carbonyl (C=O) groups excluding carboxylic acids is 1. The van der Waals surface area contributed by atoms with Crippen LogP contribution in [-0.2, 0) is 11.2 Å². The highest BCUT2D eigenvalue weighted by molar-refractivity contribution is 6.32. The van der Waals surface area contributed by atoms with E-state index in [-0.39, 0.29) is 17.3 Å². The number of amides is 2. The number of urea groups is 1. The molecule has 1 aliphatic rings. The van der Waals surface area contributed by atoms with Gasteiger partial charge in [0, 0.05) is 33.6 Å². The number of nitrogens with zero attached hydrogens (tertiary/aromatic N) is 1. The molecule has 0 spiro atoms. The Bertz CT molecular complexity index is 1690. The molecule has 9 nitrogen and oxygen atoms in total. The zero-order valence-electron chi connectivity index (χ0n) is 22.2. The molecule has 5 rings (SSSR count). The summed E-state index contributed by atoms with van der Waals surface area (Å²) in [6.45, 7) is 3.83. The number of rotatable bonds is 9. The first-order valence-corrected chi connectivity index (χ1v) is 13.8. The van der Waals surface area contributed by atoms with Crippen LogP contribution in [0.3, 0.4) is 0 Å². The zero-order chi connectivity index (χ0) is 29.8. The van der Waals surface area contributed by atoms with Crippen LogP contribution in [0.4, 0.5) is 10.5 Å². The highest BCUT2D eigenvalue weighted by Gasteiger charge is 2.25. The number of benzene rings is 3. The Balaban J connectivity index is 1.43. The number of hydrogen-bond donors (Lipinski definition) is 6. The fourth-order valence-corrected chi connectivity index (χ4v) is 5.21. The van der Waals surface area contributed by atoms with Gasteiger partial charge in [0.05, 0.1) is 18.5 Å². The zero-order valence-corrected chi connectivity index (χ0v) is 23.7. The molecule has 11 heteroatoms. The minimum Gasteiger partial charge on any atom is -0.507 e. The number of allylic oxidation sites excluding steroid dienone is 1. The fraction of sp³-hybridized carbons (Fsp3) is 0.129. The van der Waals surface area contributed by atoms with Crippen LogP contribution in [-0.4, -0.2) is 32.2 Å². The smallest absolute Gasteiger partial charge is 0.315 e. The lowest BCUT2D eigenvalue weighted by Crippen LogP contribution is -2.41. The Hall–Kier alpha value is -4.73. The Labute approximate surface area is 251 Å². The molecule has 0 fully saturated rings. The van der Waals surface area contributed by atoms with Crippen molar-refractivity contribution in [3.63, 3.8) is 0 Å². The van der Waals surface area contributed by atoms with Crippen molar-refractivity contribution in [3.8, 4) is 11.3 Å². The summed E-state index contributed by atoms with van der Waals surface area (Å²) in [7, 11) is 0. The molecule has 214 valence electrons. The molecule has 3 aromatic carbocycles. The lowest BCUT2D eigenvalue weighted by atomic mass is 10.0. The largest absolute Gasteiger partial charge is 0.507 e. The first-order valence-electron chi connectivity index (χ1n) is 13.0. The number of hydrogen-bond acceptors (Lipinski definition) is 5. The summed E-state index contributed by atoms with van der Waals surface area (Å²) in [5.74, 6) is -0.608. The standard InChI is InChI=1S/C31H27Cl2N5O4/c1-17-12-26(39)22-15-20(10-11-23(22)34-17)28-29(33)38-30(37-28)25(13-18-6-3-2-4-7-18)36-31(42)35-24(16-27(40)41)19-8-5-9-21(32)14-19/h2-12,14-15,24-25,34,39H,1,13,16H2,(H,37,38)(H,40,41)(H2,35,36,42)/t24?,25-/m0/s1. The number of imidazole rings is 1. The summed E-state index contributed by atoms with van der Waals surface area (Å²) >= 11 is 12.7. The Morgan fingerprint density at radius 1 is 0.976 bits per heavy atom. The van der Waals surface area contributed by atoms with Gasteiger partial charge in [0.2, 0.25) is 0 Å².